The van der Waals surface area contributed by atoms with Crippen molar-refractivity contribution >= 4 is 17.4 Å². The molecule has 3 aromatic heterocycles. The molecule has 1 fully saturated rings. The minimum Gasteiger partial charge on any atom is -0.418 e. The molecule has 2 aliphatic rings. The van der Waals surface area contributed by atoms with Crippen molar-refractivity contribution in [2.24, 2.45) is 7.05 Å². The van der Waals surface area contributed by atoms with Crippen LogP contribution in [-0.2, 0) is 23.7 Å². The molecule has 1 aromatic carbocycles. The summed E-state index contributed by atoms with van der Waals surface area (Å²) in [4.78, 5) is 25.0. The Bertz CT molecular complexity index is 1530. The third-order valence-corrected chi connectivity index (χ3v) is 7.79. The van der Waals surface area contributed by atoms with Gasteiger partial charge in [0.15, 0.2) is 0 Å². The van der Waals surface area contributed by atoms with Crippen LogP contribution in [-0.4, -0.2) is 66.4 Å². The topological polar surface area (TPSA) is 124 Å². The van der Waals surface area contributed by atoms with E-state index in [-0.39, 0.29) is 23.0 Å². The number of nitrogens with zero attached hydrogens (tertiary/aromatic N) is 7. The second kappa shape index (κ2) is 11.1. The molecule has 214 valence electrons. The number of carbonyl (C=O) groups is 1. The number of carbonyl (C=O) groups excluding carboxylic acids is 1. The Morgan fingerprint density at radius 1 is 1.17 bits per heavy atom. The third kappa shape index (κ3) is 6.06. The lowest BCUT2D eigenvalue weighted by Gasteiger charge is -2.26. The molecule has 1 N–H and O–H groups in total. The fourth-order valence-electron chi connectivity index (χ4n) is 5.55. The number of ketones is 1. The maximum atomic E-state index is 13.3. The number of hydrogen-bond donors (Lipinski definition) is 1. The molecule has 6 rings (SSSR count). The summed E-state index contributed by atoms with van der Waals surface area (Å²) in [6.45, 7) is 9.19. The molecule has 0 amide bonds. The van der Waals surface area contributed by atoms with Crippen LogP contribution in [0.25, 0.3) is 11.3 Å². The van der Waals surface area contributed by atoms with Crippen LogP contribution in [0.2, 0.25) is 0 Å². The molecule has 11 nitrogen and oxygen atoms in total. The Balaban J connectivity index is 1.28. The molecule has 0 unspecified atom stereocenters. The van der Waals surface area contributed by atoms with Gasteiger partial charge in [-0.3, -0.25) is 14.4 Å². The van der Waals surface area contributed by atoms with Gasteiger partial charge in [-0.2, -0.15) is 5.10 Å². The Hall–Kier alpha value is -3.96. The van der Waals surface area contributed by atoms with Gasteiger partial charge < -0.3 is 14.5 Å². The van der Waals surface area contributed by atoms with Crippen LogP contribution in [0.3, 0.4) is 0 Å². The van der Waals surface area contributed by atoms with E-state index in [1.807, 2.05) is 40.1 Å². The Morgan fingerprint density at radius 2 is 2.05 bits per heavy atom. The van der Waals surface area contributed by atoms with Crippen molar-refractivity contribution < 1.29 is 13.9 Å². The van der Waals surface area contributed by atoms with Crippen LogP contribution in [0.15, 0.2) is 47.3 Å². The van der Waals surface area contributed by atoms with Crippen molar-refractivity contribution in [1.82, 2.24) is 34.8 Å². The molecule has 11 heteroatoms. The molecule has 41 heavy (non-hydrogen) atoms. The van der Waals surface area contributed by atoms with Gasteiger partial charge in [0, 0.05) is 56.0 Å². The summed E-state index contributed by atoms with van der Waals surface area (Å²) in [7, 11) is 1.87. The maximum Gasteiger partial charge on any atom is 0.284 e. The highest BCUT2D eigenvalue weighted by molar-refractivity contribution is 5.92. The highest BCUT2D eigenvalue weighted by Crippen LogP contribution is 2.36. The largest absolute Gasteiger partial charge is 0.418 e. The number of Topliss-reactive ketones (excluding diaryl/α,β-unsaturated/α-hetero) is 1. The van der Waals surface area contributed by atoms with Gasteiger partial charge in [0.1, 0.15) is 0 Å². The van der Waals surface area contributed by atoms with Gasteiger partial charge >= 0.3 is 0 Å². The molecule has 2 aliphatic heterocycles. The van der Waals surface area contributed by atoms with Crippen LogP contribution in [0, 0.1) is 0 Å². The quantitative estimate of drug-likeness (QED) is 0.322. The van der Waals surface area contributed by atoms with Crippen LogP contribution >= 0.6 is 0 Å². The molecule has 0 spiro atoms. The summed E-state index contributed by atoms with van der Waals surface area (Å²) in [5, 5.41) is 15.6. The lowest BCUT2D eigenvalue weighted by Crippen LogP contribution is -2.35. The first-order valence-electron chi connectivity index (χ1n) is 14.1. The zero-order valence-electron chi connectivity index (χ0n) is 24.0. The van der Waals surface area contributed by atoms with Gasteiger partial charge in [-0.15, -0.1) is 10.2 Å². The number of aryl methyl sites for hydroxylation is 1. The summed E-state index contributed by atoms with van der Waals surface area (Å²) < 4.78 is 13.2. The summed E-state index contributed by atoms with van der Waals surface area (Å²) in [5.41, 5.74) is 4.72. The molecular formula is C30H36N8O3. The number of aromatic nitrogens is 6. The summed E-state index contributed by atoms with van der Waals surface area (Å²) in [5.74, 6) is 0.993. The van der Waals surface area contributed by atoms with Gasteiger partial charge in [0.2, 0.25) is 17.6 Å². The van der Waals surface area contributed by atoms with Gasteiger partial charge in [0.25, 0.3) is 5.89 Å². The molecule has 0 aliphatic carbocycles. The van der Waals surface area contributed by atoms with Crippen molar-refractivity contribution in [2.75, 3.05) is 25.1 Å². The standard InChI is InChI=1S/C30H36N8O3/c1-30(2,3)28-36-35-27(41-28)26(39)14-19-8-11-38(23-9-12-40-18-23)16-21-13-20(5-6-24(19)21)25-7-10-31-29(34-25)33-22-15-32-37(4)17-22/h5-7,10,13,15,17,19,23H,8-9,11-12,14,16,18H2,1-4H3,(H,31,33,34)/t19-,23-/m0/s1. The first-order valence-corrected chi connectivity index (χ1v) is 14.1. The van der Waals surface area contributed by atoms with Gasteiger partial charge in [0.05, 0.1) is 24.2 Å². The summed E-state index contributed by atoms with van der Waals surface area (Å²) >= 11 is 0. The molecule has 1 saturated heterocycles. The first kappa shape index (κ1) is 27.2. The van der Waals surface area contributed by atoms with Gasteiger partial charge in [-0.25, -0.2) is 9.97 Å². The highest BCUT2D eigenvalue weighted by Gasteiger charge is 2.32. The Kier molecular flexibility index (Phi) is 7.39. The third-order valence-electron chi connectivity index (χ3n) is 7.79. The van der Waals surface area contributed by atoms with Crippen molar-refractivity contribution in [3.05, 3.63) is 65.8 Å². The predicted molar refractivity (Wildman–Crippen MR) is 153 cm³/mol. The monoisotopic (exact) mass is 556 g/mol. The van der Waals surface area contributed by atoms with Crippen molar-refractivity contribution in [2.45, 2.75) is 64.0 Å². The van der Waals surface area contributed by atoms with E-state index in [1.165, 1.54) is 11.1 Å². The fourth-order valence-corrected chi connectivity index (χ4v) is 5.55. The van der Waals surface area contributed by atoms with E-state index in [1.54, 1.807) is 17.1 Å². The minimum atomic E-state index is -0.310. The van der Waals surface area contributed by atoms with Crippen molar-refractivity contribution in [3.63, 3.8) is 0 Å². The van der Waals surface area contributed by atoms with Crippen LogP contribution in [0.4, 0.5) is 11.6 Å². The minimum absolute atomic E-state index is 0.0389. The van der Waals surface area contributed by atoms with Crippen molar-refractivity contribution in [1.29, 1.82) is 0 Å². The SMILES string of the molecule is Cn1cc(Nc2nccc(-c3ccc4c(c3)CN([C@H]3CCOC3)CC[C@H]4CC(=O)c3nnc(C(C)(C)C)o3)n2)cn1. The van der Waals surface area contributed by atoms with Gasteiger partial charge in [-0.05, 0) is 48.6 Å². The van der Waals surface area contributed by atoms with Crippen LogP contribution in [0.5, 0.6) is 0 Å². The van der Waals surface area contributed by atoms with E-state index in [2.05, 4.69) is 48.7 Å². The number of hydrogen-bond acceptors (Lipinski definition) is 10. The first-order chi connectivity index (χ1) is 19.7. The van der Waals surface area contributed by atoms with E-state index in [0.717, 1.165) is 56.1 Å². The number of benzene rings is 1. The molecule has 0 saturated carbocycles. The second-order valence-corrected chi connectivity index (χ2v) is 12.0. The molecule has 0 bridgehead atoms. The lowest BCUT2D eigenvalue weighted by atomic mass is 9.87. The molecule has 4 aromatic rings. The molecular weight excluding hydrogens is 520 g/mol. The van der Waals surface area contributed by atoms with Crippen LogP contribution < -0.4 is 5.32 Å². The van der Waals surface area contributed by atoms with E-state index in [9.17, 15) is 4.79 Å². The summed E-state index contributed by atoms with van der Waals surface area (Å²) in [6, 6.07) is 8.74. The second-order valence-electron chi connectivity index (χ2n) is 12.0. The van der Waals surface area contributed by atoms with Crippen LogP contribution in [0.1, 0.15) is 73.7 Å². The number of rotatable bonds is 7. The average molecular weight is 557 g/mol. The molecule has 5 heterocycles. The van der Waals surface area contributed by atoms with E-state index >= 15 is 0 Å². The zero-order valence-corrected chi connectivity index (χ0v) is 24.0. The van der Waals surface area contributed by atoms with E-state index in [4.69, 9.17) is 14.1 Å². The number of nitrogens with one attached hydrogen (secondary N) is 1. The van der Waals surface area contributed by atoms with E-state index < -0.39 is 0 Å². The number of fused-ring (bicyclic) bond motifs is 1. The Morgan fingerprint density at radius 3 is 2.78 bits per heavy atom. The van der Waals surface area contributed by atoms with E-state index in [0.29, 0.717) is 24.3 Å². The number of ether oxygens (including phenoxy) is 1. The average Bonchev–Trinajstić information content (AvgIpc) is 3.71. The summed E-state index contributed by atoms with van der Waals surface area (Å²) in [6.07, 6.45) is 7.57. The predicted octanol–water partition coefficient (Wildman–Crippen LogP) is 4.65. The smallest absolute Gasteiger partial charge is 0.284 e. The maximum absolute atomic E-state index is 13.3. The normalized spacial score (nSPS) is 19.6. The molecule has 0 radical (unpaired) electrons. The fraction of sp³-hybridized carbons (Fsp3) is 0.467. The Labute approximate surface area is 239 Å². The molecule has 2 atom stereocenters. The lowest BCUT2D eigenvalue weighted by molar-refractivity contribution is 0.0931. The highest BCUT2D eigenvalue weighted by atomic mass is 16.5. The zero-order chi connectivity index (χ0) is 28.6. The van der Waals surface area contributed by atoms with Crippen molar-refractivity contribution in [3.8, 4) is 11.3 Å². The number of anilines is 2. The van der Waals surface area contributed by atoms with Gasteiger partial charge in [-0.1, -0.05) is 32.9 Å².